The van der Waals surface area contributed by atoms with Crippen molar-refractivity contribution >= 4 is 0 Å². The molecule has 0 saturated carbocycles. The Morgan fingerprint density at radius 1 is 1.25 bits per heavy atom. The molecule has 2 rings (SSSR count). The van der Waals surface area contributed by atoms with Crippen LogP contribution in [0.15, 0.2) is 41.0 Å². The summed E-state index contributed by atoms with van der Waals surface area (Å²) in [4.78, 5) is 0. The second-order valence-electron chi connectivity index (χ2n) is 3.87. The van der Waals surface area contributed by atoms with Crippen molar-refractivity contribution in [2.24, 2.45) is 5.73 Å². The fourth-order valence-electron chi connectivity index (χ4n) is 1.76. The number of benzene rings is 1. The van der Waals surface area contributed by atoms with Gasteiger partial charge in [0.15, 0.2) is 0 Å². The van der Waals surface area contributed by atoms with Crippen molar-refractivity contribution in [1.29, 1.82) is 0 Å². The second-order valence-corrected chi connectivity index (χ2v) is 3.87. The van der Waals surface area contributed by atoms with E-state index in [0.717, 1.165) is 16.9 Å². The molecule has 2 N–H and O–H groups in total. The Balaban J connectivity index is 2.10. The molecule has 0 spiro atoms. The van der Waals surface area contributed by atoms with E-state index in [4.69, 9.17) is 10.2 Å². The highest BCUT2D eigenvalue weighted by molar-refractivity contribution is 5.24. The van der Waals surface area contributed by atoms with Gasteiger partial charge in [-0.25, -0.2) is 4.39 Å². The van der Waals surface area contributed by atoms with E-state index >= 15 is 0 Å². The van der Waals surface area contributed by atoms with Gasteiger partial charge in [-0.05, 0) is 37.1 Å². The molecule has 0 aliphatic heterocycles. The molecule has 1 unspecified atom stereocenters. The lowest BCUT2D eigenvalue weighted by Crippen LogP contribution is -2.13. The standard InChI is InChI=1S/C13H14FNO/c1-9-12(6-7-16-9)13(15)8-10-2-4-11(14)5-3-10/h2-7,13H,8,15H2,1H3. The quantitative estimate of drug-likeness (QED) is 0.861. The van der Waals surface area contributed by atoms with Crippen LogP contribution in [0.2, 0.25) is 0 Å². The number of nitrogens with two attached hydrogens (primary N) is 1. The van der Waals surface area contributed by atoms with Crippen LogP contribution in [-0.2, 0) is 6.42 Å². The summed E-state index contributed by atoms with van der Waals surface area (Å²) < 4.78 is 17.9. The van der Waals surface area contributed by atoms with Gasteiger partial charge in [0.1, 0.15) is 11.6 Å². The van der Waals surface area contributed by atoms with Gasteiger partial charge in [-0.15, -0.1) is 0 Å². The normalized spacial score (nSPS) is 12.7. The van der Waals surface area contributed by atoms with Crippen molar-refractivity contribution in [1.82, 2.24) is 0 Å². The Hall–Kier alpha value is -1.61. The molecule has 2 aromatic rings. The largest absolute Gasteiger partial charge is 0.469 e. The van der Waals surface area contributed by atoms with Crippen LogP contribution in [0.25, 0.3) is 0 Å². The molecule has 0 amide bonds. The summed E-state index contributed by atoms with van der Waals surface area (Å²) in [6, 6.07) is 8.18. The number of hydrogen-bond acceptors (Lipinski definition) is 2. The van der Waals surface area contributed by atoms with Gasteiger partial charge in [0.2, 0.25) is 0 Å². The number of halogens is 1. The van der Waals surface area contributed by atoms with E-state index in [1.54, 1.807) is 18.4 Å². The molecule has 1 heterocycles. The Bertz CT molecular complexity index is 461. The maximum absolute atomic E-state index is 12.7. The average Bonchev–Trinajstić information content (AvgIpc) is 2.68. The van der Waals surface area contributed by atoms with Crippen LogP contribution in [0.3, 0.4) is 0 Å². The zero-order chi connectivity index (χ0) is 11.5. The lowest BCUT2D eigenvalue weighted by Gasteiger charge is -2.10. The van der Waals surface area contributed by atoms with Crippen molar-refractivity contribution < 1.29 is 8.81 Å². The van der Waals surface area contributed by atoms with Crippen LogP contribution < -0.4 is 5.73 Å². The molecule has 0 bridgehead atoms. The number of furan rings is 1. The molecule has 84 valence electrons. The summed E-state index contributed by atoms with van der Waals surface area (Å²) in [5.41, 5.74) is 8.08. The van der Waals surface area contributed by atoms with E-state index < -0.39 is 0 Å². The fourth-order valence-corrected chi connectivity index (χ4v) is 1.76. The summed E-state index contributed by atoms with van der Waals surface area (Å²) in [6.45, 7) is 1.89. The fraction of sp³-hybridized carbons (Fsp3) is 0.231. The maximum atomic E-state index is 12.7. The highest BCUT2D eigenvalue weighted by Crippen LogP contribution is 2.20. The molecule has 0 aliphatic carbocycles. The van der Waals surface area contributed by atoms with Crippen molar-refractivity contribution in [2.45, 2.75) is 19.4 Å². The van der Waals surface area contributed by atoms with Crippen LogP contribution in [0.5, 0.6) is 0 Å². The highest BCUT2D eigenvalue weighted by Gasteiger charge is 2.11. The minimum absolute atomic E-state index is 0.107. The van der Waals surface area contributed by atoms with Gasteiger partial charge in [0.25, 0.3) is 0 Å². The van der Waals surface area contributed by atoms with E-state index in [1.807, 2.05) is 13.0 Å². The average molecular weight is 219 g/mol. The Labute approximate surface area is 93.9 Å². The minimum atomic E-state index is -0.225. The van der Waals surface area contributed by atoms with Gasteiger partial charge in [0, 0.05) is 11.6 Å². The first-order chi connectivity index (χ1) is 7.66. The number of hydrogen-bond donors (Lipinski definition) is 1. The van der Waals surface area contributed by atoms with Crippen LogP contribution in [-0.4, -0.2) is 0 Å². The third-order valence-corrected chi connectivity index (χ3v) is 2.67. The zero-order valence-electron chi connectivity index (χ0n) is 9.11. The van der Waals surface area contributed by atoms with Gasteiger partial charge in [-0.3, -0.25) is 0 Å². The molecular formula is C13H14FNO. The first-order valence-electron chi connectivity index (χ1n) is 5.21. The summed E-state index contributed by atoms with van der Waals surface area (Å²) in [6.07, 6.45) is 2.32. The number of rotatable bonds is 3. The van der Waals surface area contributed by atoms with Crippen molar-refractivity contribution in [3.63, 3.8) is 0 Å². The van der Waals surface area contributed by atoms with Crippen LogP contribution in [0.4, 0.5) is 4.39 Å². The smallest absolute Gasteiger partial charge is 0.123 e. The van der Waals surface area contributed by atoms with Gasteiger partial charge in [-0.2, -0.15) is 0 Å². The highest BCUT2D eigenvalue weighted by atomic mass is 19.1. The molecular weight excluding hydrogens is 205 g/mol. The van der Waals surface area contributed by atoms with Crippen LogP contribution in [0, 0.1) is 12.7 Å². The lowest BCUT2D eigenvalue weighted by atomic mass is 10.0. The number of aryl methyl sites for hydroxylation is 1. The summed E-state index contributed by atoms with van der Waals surface area (Å²) >= 11 is 0. The lowest BCUT2D eigenvalue weighted by molar-refractivity contribution is 0.524. The maximum Gasteiger partial charge on any atom is 0.123 e. The molecule has 2 nitrogen and oxygen atoms in total. The molecule has 16 heavy (non-hydrogen) atoms. The van der Waals surface area contributed by atoms with Crippen molar-refractivity contribution in [3.05, 3.63) is 59.3 Å². The van der Waals surface area contributed by atoms with E-state index in [2.05, 4.69) is 0 Å². The van der Waals surface area contributed by atoms with E-state index in [1.165, 1.54) is 12.1 Å². The third-order valence-electron chi connectivity index (χ3n) is 2.67. The molecule has 0 saturated heterocycles. The molecule has 1 atom stereocenters. The van der Waals surface area contributed by atoms with E-state index in [-0.39, 0.29) is 11.9 Å². The molecule has 1 aromatic carbocycles. The Kier molecular flexibility index (Phi) is 3.06. The predicted octanol–water partition coefficient (Wildman–Crippen LogP) is 2.97. The van der Waals surface area contributed by atoms with E-state index in [9.17, 15) is 4.39 Å². The van der Waals surface area contributed by atoms with E-state index in [0.29, 0.717) is 6.42 Å². The SMILES string of the molecule is Cc1occc1C(N)Cc1ccc(F)cc1. The van der Waals surface area contributed by atoms with Gasteiger partial charge >= 0.3 is 0 Å². The Morgan fingerprint density at radius 3 is 2.50 bits per heavy atom. The van der Waals surface area contributed by atoms with Crippen LogP contribution >= 0.6 is 0 Å². The molecule has 3 heteroatoms. The predicted molar refractivity (Wildman–Crippen MR) is 60.5 cm³/mol. The summed E-state index contributed by atoms with van der Waals surface area (Å²) in [7, 11) is 0. The van der Waals surface area contributed by atoms with Gasteiger partial charge in [-0.1, -0.05) is 12.1 Å². The molecule has 1 aromatic heterocycles. The topological polar surface area (TPSA) is 39.2 Å². The van der Waals surface area contributed by atoms with Gasteiger partial charge in [0.05, 0.1) is 6.26 Å². The molecule has 0 aliphatic rings. The first kappa shape index (κ1) is 10.9. The van der Waals surface area contributed by atoms with Crippen molar-refractivity contribution in [2.75, 3.05) is 0 Å². The zero-order valence-corrected chi connectivity index (χ0v) is 9.11. The Morgan fingerprint density at radius 2 is 1.94 bits per heavy atom. The second kappa shape index (κ2) is 4.49. The van der Waals surface area contributed by atoms with Crippen LogP contribution in [0.1, 0.15) is 22.9 Å². The summed E-state index contributed by atoms with van der Waals surface area (Å²) in [5, 5.41) is 0. The van der Waals surface area contributed by atoms with Gasteiger partial charge < -0.3 is 10.2 Å². The molecule has 0 fully saturated rings. The first-order valence-corrected chi connectivity index (χ1v) is 5.21. The summed E-state index contributed by atoms with van der Waals surface area (Å²) in [5.74, 6) is 0.617. The third kappa shape index (κ3) is 2.31. The van der Waals surface area contributed by atoms with Crippen molar-refractivity contribution in [3.8, 4) is 0 Å². The molecule has 0 radical (unpaired) electrons. The minimum Gasteiger partial charge on any atom is -0.469 e. The monoisotopic (exact) mass is 219 g/mol.